The van der Waals surface area contributed by atoms with E-state index in [9.17, 15) is 4.79 Å². The Morgan fingerprint density at radius 2 is 1.73 bits per heavy atom. The van der Waals surface area contributed by atoms with Crippen LogP contribution in [0.5, 0.6) is 0 Å². The first-order valence-corrected chi connectivity index (χ1v) is 9.96. The van der Waals surface area contributed by atoms with Gasteiger partial charge in [0.25, 0.3) is 0 Å². The number of hydrogen-bond donors (Lipinski definition) is 0. The highest BCUT2D eigenvalue weighted by atomic mass is 16.2. The Bertz CT molecular complexity index is 1170. The summed E-state index contributed by atoms with van der Waals surface area (Å²) in [5.74, 6) is 1.61. The third kappa shape index (κ3) is 3.49. The van der Waals surface area contributed by atoms with Gasteiger partial charge in [-0.15, -0.1) is 10.2 Å². The fraction of sp³-hybridized carbons (Fsp3) is 0.286. The molecule has 0 aliphatic carbocycles. The number of fused-ring (bicyclic) bond motifs is 1. The summed E-state index contributed by atoms with van der Waals surface area (Å²) in [6.07, 6.45) is 3.60. The maximum absolute atomic E-state index is 12.8. The van der Waals surface area contributed by atoms with Crippen molar-refractivity contribution in [3.8, 4) is 5.82 Å². The smallest absolute Gasteiger partial charge is 0.242 e. The lowest BCUT2D eigenvalue weighted by atomic mass is 10.3. The lowest BCUT2D eigenvalue weighted by Crippen LogP contribution is -2.49. The third-order valence-corrected chi connectivity index (χ3v) is 5.38. The molecular formula is C21H22N8O. The van der Waals surface area contributed by atoms with E-state index in [0.29, 0.717) is 25.5 Å². The van der Waals surface area contributed by atoms with Crippen molar-refractivity contribution in [1.82, 2.24) is 34.4 Å². The number of para-hydroxylation sites is 2. The van der Waals surface area contributed by atoms with Crippen molar-refractivity contribution in [1.29, 1.82) is 0 Å². The van der Waals surface area contributed by atoms with Crippen LogP contribution in [0.15, 0.2) is 55.0 Å². The SMILES string of the molecule is Cc1ccn(-c2ccc(N3CCN(C(=O)Cn4cnc5ccccc54)CC3)nn2)n1. The first-order chi connectivity index (χ1) is 14.7. The van der Waals surface area contributed by atoms with Crippen molar-refractivity contribution in [3.63, 3.8) is 0 Å². The third-order valence-electron chi connectivity index (χ3n) is 5.38. The number of piperazine rings is 1. The van der Waals surface area contributed by atoms with Crippen LogP contribution in [-0.4, -0.2) is 66.5 Å². The van der Waals surface area contributed by atoms with E-state index < -0.39 is 0 Å². The fourth-order valence-electron chi connectivity index (χ4n) is 3.72. The Balaban J connectivity index is 1.20. The predicted octanol–water partition coefficient (Wildman–Crippen LogP) is 1.67. The van der Waals surface area contributed by atoms with Gasteiger partial charge in [-0.3, -0.25) is 4.79 Å². The van der Waals surface area contributed by atoms with Crippen molar-refractivity contribution in [2.45, 2.75) is 13.5 Å². The molecule has 5 rings (SSSR count). The predicted molar refractivity (Wildman–Crippen MR) is 112 cm³/mol. The van der Waals surface area contributed by atoms with Crippen LogP contribution in [0.4, 0.5) is 5.82 Å². The molecule has 1 aliphatic rings. The van der Waals surface area contributed by atoms with E-state index in [0.717, 1.165) is 35.6 Å². The largest absolute Gasteiger partial charge is 0.352 e. The number of nitrogens with zero attached hydrogens (tertiary/aromatic N) is 8. The topological polar surface area (TPSA) is 85.0 Å². The number of benzene rings is 1. The van der Waals surface area contributed by atoms with Crippen molar-refractivity contribution in [2.24, 2.45) is 0 Å². The van der Waals surface area contributed by atoms with Crippen LogP contribution in [0.25, 0.3) is 16.9 Å². The van der Waals surface area contributed by atoms with Crippen molar-refractivity contribution < 1.29 is 4.79 Å². The van der Waals surface area contributed by atoms with E-state index in [1.54, 1.807) is 11.0 Å². The maximum atomic E-state index is 12.8. The number of aryl methyl sites for hydroxylation is 1. The normalized spacial score (nSPS) is 14.4. The van der Waals surface area contributed by atoms with Crippen molar-refractivity contribution >= 4 is 22.8 Å². The quantitative estimate of drug-likeness (QED) is 0.516. The lowest BCUT2D eigenvalue weighted by Gasteiger charge is -2.35. The summed E-state index contributed by atoms with van der Waals surface area (Å²) in [6.45, 7) is 5.02. The monoisotopic (exact) mass is 402 g/mol. The average molecular weight is 402 g/mol. The van der Waals surface area contributed by atoms with Gasteiger partial charge in [-0.2, -0.15) is 5.10 Å². The highest BCUT2D eigenvalue weighted by Gasteiger charge is 2.22. The molecule has 0 N–H and O–H groups in total. The second-order valence-electron chi connectivity index (χ2n) is 7.38. The molecule has 1 fully saturated rings. The Morgan fingerprint density at radius 1 is 0.967 bits per heavy atom. The highest BCUT2D eigenvalue weighted by molar-refractivity contribution is 5.80. The lowest BCUT2D eigenvalue weighted by molar-refractivity contribution is -0.132. The number of carbonyl (C=O) groups excluding carboxylic acids is 1. The van der Waals surface area contributed by atoms with Gasteiger partial charge >= 0.3 is 0 Å². The number of anilines is 1. The Labute approximate surface area is 173 Å². The molecule has 9 nitrogen and oxygen atoms in total. The number of imidazole rings is 1. The first-order valence-electron chi connectivity index (χ1n) is 9.96. The van der Waals surface area contributed by atoms with Crippen molar-refractivity contribution in [2.75, 3.05) is 31.1 Å². The van der Waals surface area contributed by atoms with E-state index >= 15 is 0 Å². The molecule has 30 heavy (non-hydrogen) atoms. The second kappa shape index (κ2) is 7.58. The zero-order chi connectivity index (χ0) is 20.5. The van der Waals surface area contributed by atoms with Gasteiger partial charge in [0.15, 0.2) is 11.6 Å². The summed E-state index contributed by atoms with van der Waals surface area (Å²) < 4.78 is 3.62. The van der Waals surface area contributed by atoms with Crippen LogP contribution in [-0.2, 0) is 11.3 Å². The molecule has 0 atom stereocenters. The first kappa shape index (κ1) is 18.3. The fourth-order valence-corrected chi connectivity index (χ4v) is 3.72. The molecule has 1 amide bonds. The number of amides is 1. The maximum Gasteiger partial charge on any atom is 0.242 e. The van der Waals surface area contributed by atoms with Crippen LogP contribution in [0.2, 0.25) is 0 Å². The second-order valence-corrected chi connectivity index (χ2v) is 7.38. The van der Waals surface area contributed by atoms with Gasteiger partial charge in [-0.05, 0) is 37.3 Å². The Kier molecular flexibility index (Phi) is 4.62. The Morgan fingerprint density at radius 3 is 2.47 bits per heavy atom. The molecular weight excluding hydrogens is 380 g/mol. The van der Waals surface area contributed by atoms with Gasteiger partial charge in [-0.25, -0.2) is 9.67 Å². The summed E-state index contributed by atoms with van der Waals surface area (Å²) in [4.78, 5) is 21.2. The average Bonchev–Trinajstić information content (AvgIpc) is 3.40. The Hall–Kier alpha value is -3.75. The number of carbonyl (C=O) groups is 1. The molecule has 3 aromatic heterocycles. The van der Waals surface area contributed by atoms with Gasteiger partial charge in [0.05, 0.1) is 23.1 Å². The van der Waals surface area contributed by atoms with Crippen LogP contribution in [0.1, 0.15) is 5.69 Å². The zero-order valence-electron chi connectivity index (χ0n) is 16.7. The highest BCUT2D eigenvalue weighted by Crippen LogP contribution is 2.16. The van der Waals surface area contributed by atoms with E-state index in [1.807, 2.05) is 65.1 Å². The molecule has 1 aromatic carbocycles. The van der Waals surface area contributed by atoms with Gasteiger partial charge in [-0.1, -0.05) is 12.1 Å². The minimum Gasteiger partial charge on any atom is -0.352 e. The zero-order valence-corrected chi connectivity index (χ0v) is 16.7. The summed E-state index contributed by atoms with van der Waals surface area (Å²) >= 11 is 0. The number of aromatic nitrogens is 6. The van der Waals surface area contributed by atoms with Crippen LogP contribution in [0, 0.1) is 6.92 Å². The molecule has 0 spiro atoms. The molecule has 0 saturated carbocycles. The molecule has 0 bridgehead atoms. The van der Waals surface area contributed by atoms with Crippen LogP contribution in [0.3, 0.4) is 0 Å². The summed E-state index contributed by atoms with van der Waals surface area (Å²) in [5, 5.41) is 13.0. The molecule has 4 aromatic rings. The van der Waals surface area contributed by atoms with E-state index in [1.165, 1.54) is 0 Å². The summed E-state index contributed by atoms with van der Waals surface area (Å²) in [5.41, 5.74) is 2.82. The van der Waals surface area contributed by atoms with Crippen LogP contribution >= 0.6 is 0 Å². The summed E-state index contributed by atoms with van der Waals surface area (Å²) in [7, 11) is 0. The van der Waals surface area contributed by atoms with E-state index in [4.69, 9.17) is 0 Å². The molecule has 9 heteroatoms. The van der Waals surface area contributed by atoms with Crippen molar-refractivity contribution in [3.05, 3.63) is 60.7 Å². The number of rotatable bonds is 4. The molecule has 1 saturated heterocycles. The van der Waals surface area contributed by atoms with Gasteiger partial charge in [0.1, 0.15) is 6.54 Å². The van der Waals surface area contributed by atoms with E-state index in [2.05, 4.69) is 25.2 Å². The molecule has 152 valence electrons. The molecule has 1 aliphatic heterocycles. The van der Waals surface area contributed by atoms with E-state index in [-0.39, 0.29) is 5.91 Å². The minimum absolute atomic E-state index is 0.105. The van der Waals surface area contributed by atoms with Gasteiger partial charge < -0.3 is 14.4 Å². The van der Waals surface area contributed by atoms with Gasteiger partial charge in [0, 0.05) is 32.4 Å². The van der Waals surface area contributed by atoms with Gasteiger partial charge in [0.2, 0.25) is 5.91 Å². The van der Waals surface area contributed by atoms with Crippen LogP contribution < -0.4 is 4.90 Å². The number of hydrogen-bond acceptors (Lipinski definition) is 6. The standard InChI is InChI=1S/C21H22N8O/c1-16-8-9-29(25-16)20-7-6-19(23-24-20)26-10-12-27(13-11-26)21(30)14-28-15-22-17-4-2-3-5-18(17)28/h2-9,15H,10-14H2,1H3. The molecule has 4 heterocycles. The minimum atomic E-state index is 0.105. The molecule has 0 unspecified atom stereocenters. The molecule has 0 radical (unpaired) electrons. The summed E-state index contributed by atoms with van der Waals surface area (Å²) in [6, 6.07) is 13.6.